The summed E-state index contributed by atoms with van der Waals surface area (Å²) in [5.41, 5.74) is 6.10. The van der Waals surface area contributed by atoms with E-state index >= 15 is 0 Å². The maximum atomic E-state index is 7.54. The summed E-state index contributed by atoms with van der Waals surface area (Å²) in [5, 5.41) is 7.54. The van der Waals surface area contributed by atoms with Crippen LogP contribution in [0.5, 0.6) is 11.5 Å². The number of nitrogen functional groups attached to an aromatic ring is 1. The van der Waals surface area contributed by atoms with Gasteiger partial charge in [0.25, 0.3) is 0 Å². The summed E-state index contributed by atoms with van der Waals surface area (Å²) < 4.78 is 7.50. The van der Waals surface area contributed by atoms with Crippen molar-refractivity contribution < 1.29 is 4.74 Å². The number of amidine groups is 1. The fourth-order valence-corrected chi connectivity index (χ4v) is 2.15. The summed E-state index contributed by atoms with van der Waals surface area (Å²) in [5.74, 6) is 1.20. The smallest absolute Gasteiger partial charge is 0.141 e. The normalized spacial score (nSPS) is 10.1. The minimum absolute atomic E-state index is 0.0236. The average molecular weight is 370 g/mol. The van der Waals surface area contributed by atoms with E-state index in [9.17, 15) is 0 Å². The second-order valence-electron chi connectivity index (χ2n) is 3.59. The molecule has 3 N–H and O–H groups in total. The lowest BCUT2D eigenvalue weighted by atomic mass is 10.2. The lowest BCUT2D eigenvalue weighted by molar-refractivity contribution is 0.478. The van der Waals surface area contributed by atoms with E-state index in [1.165, 1.54) is 0 Å². The Morgan fingerprint density at radius 2 is 1.78 bits per heavy atom. The van der Waals surface area contributed by atoms with Crippen molar-refractivity contribution >= 4 is 37.7 Å². The molecule has 0 fully saturated rings. The van der Waals surface area contributed by atoms with Crippen LogP contribution in [0.2, 0.25) is 0 Å². The van der Waals surface area contributed by atoms with Gasteiger partial charge in [-0.3, -0.25) is 5.41 Å². The molecule has 0 amide bonds. The summed E-state index contributed by atoms with van der Waals surface area (Å²) in [4.78, 5) is 0. The van der Waals surface area contributed by atoms with Crippen LogP contribution in [0.4, 0.5) is 0 Å². The lowest BCUT2D eigenvalue weighted by Crippen LogP contribution is -2.12. The fourth-order valence-electron chi connectivity index (χ4n) is 1.45. The monoisotopic (exact) mass is 368 g/mol. The standard InChI is InChI=1S/C13H10Br2N2O/c14-8-5-6-9(13(16)17)12(7-8)18-11-4-2-1-3-10(11)15/h1-7H,(H3,16,17). The van der Waals surface area contributed by atoms with E-state index in [0.29, 0.717) is 17.1 Å². The Kier molecular flexibility index (Phi) is 4.04. The molecule has 92 valence electrons. The van der Waals surface area contributed by atoms with E-state index in [2.05, 4.69) is 31.9 Å². The topological polar surface area (TPSA) is 59.1 Å². The van der Waals surface area contributed by atoms with Crippen molar-refractivity contribution in [2.24, 2.45) is 5.73 Å². The van der Waals surface area contributed by atoms with Crippen molar-refractivity contribution in [3.63, 3.8) is 0 Å². The molecule has 0 atom stereocenters. The zero-order valence-corrected chi connectivity index (χ0v) is 12.5. The van der Waals surface area contributed by atoms with Gasteiger partial charge in [-0.25, -0.2) is 0 Å². The number of nitrogens with two attached hydrogens (primary N) is 1. The van der Waals surface area contributed by atoms with E-state index in [-0.39, 0.29) is 5.84 Å². The highest BCUT2D eigenvalue weighted by molar-refractivity contribution is 9.10. The van der Waals surface area contributed by atoms with Gasteiger partial charge in [0.05, 0.1) is 10.0 Å². The highest BCUT2D eigenvalue weighted by atomic mass is 79.9. The van der Waals surface area contributed by atoms with Crippen molar-refractivity contribution in [3.05, 3.63) is 57.0 Å². The molecule has 0 saturated heterocycles. The number of ether oxygens (including phenoxy) is 1. The van der Waals surface area contributed by atoms with E-state index in [0.717, 1.165) is 8.95 Å². The number of benzene rings is 2. The summed E-state index contributed by atoms with van der Waals surface area (Å²) >= 11 is 6.79. The molecule has 3 nitrogen and oxygen atoms in total. The highest BCUT2D eigenvalue weighted by Gasteiger charge is 2.10. The third kappa shape index (κ3) is 2.91. The van der Waals surface area contributed by atoms with Gasteiger partial charge in [-0.15, -0.1) is 0 Å². The summed E-state index contributed by atoms with van der Waals surface area (Å²) in [6.07, 6.45) is 0. The first kappa shape index (κ1) is 13.1. The van der Waals surface area contributed by atoms with E-state index < -0.39 is 0 Å². The molecule has 0 heterocycles. The minimum Gasteiger partial charge on any atom is -0.455 e. The van der Waals surface area contributed by atoms with Gasteiger partial charge in [0, 0.05) is 4.47 Å². The van der Waals surface area contributed by atoms with Gasteiger partial charge in [-0.05, 0) is 46.3 Å². The van der Waals surface area contributed by atoms with Crippen molar-refractivity contribution in [1.82, 2.24) is 0 Å². The second kappa shape index (κ2) is 5.54. The van der Waals surface area contributed by atoms with E-state index in [1.807, 2.05) is 30.3 Å². The number of halogens is 2. The molecule has 0 spiro atoms. The first-order valence-electron chi connectivity index (χ1n) is 5.14. The molecule has 2 rings (SSSR count). The largest absolute Gasteiger partial charge is 0.455 e. The quantitative estimate of drug-likeness (QED) is 0.626. The number of rotatable bonds is 3. The SMILES string of the molecule is N=C(N)c1ccc(Br)cc1Oc1ccccc1Br. The maximum absolute atomic E-state index is 7.54. The number of nitrogens with one attached hydrogen (secondary N) is 1. The van der Waals surface area contributed by atoms with Crippen LogP contribution in [-0.4, -0.2) is 5.84 Å². The van der Waals surface area contributed by atoms with Crippen LogP contribution in [0.15, 0.2) is 51.4 Å². The summed E-state index contributed by atoms with van der Waals surface area (Å²) in [7, 11) is 0. The fraction of sp³-hybridized carbons (Fsp3) is 0. The van der Waals surface area contributed by atoms with Gasteiger partial charge < -0.3 is 10.5 Å². The molecule has 2 aromatic carbocycles. The number of para-hydroxylation sites is 1. The molecule has 0 radical (unpaired) electrons. The summed E-state index contributed by atoms with van der Waals surface area (Å²) in [6.45, 7) is 0. The predicted octanol–water partition coefficient (Wildman–Crippen LogP) is 4.29. The molecule has 18 heavy (non-hydrogen) atoms. The second-order valence-corrected chi connectivity index (χ2v) is 5.36. The van der Waals surface area contributed by atoms with E-state index in [1.54, 1.807) is 12.1 Å². The first-order chi connectivity index (χ1) is 8.58. The van der Waals surface area contributed by atoms with Gasteiger partial charge >= 0.3 is 0 Å². The van der Waals surface area contributed by atoms with Crippen LogP contribution in [0.3, 0.4) is 0 Å². The Morgan fingerprint density at radius 1 is 1.06 bits per heavy atom. The Hall–Kier alpha value is -1.33. The zero-order valence-electron chi connectivity index (χ0n) is 9.28. The maximum Gasteiger partial charge on any atom is 0.141 e. The molecule has 0 aliphatic carbocycles. The first-order valence-corrected chi connectivity index (χ1v) is 6.73. The van der Waals surface area contributed by atoms with Gasteiger partial charge in [0.1, 0.15) is 17.3 Å². The summed E-state index contributed by atoms with van der Waals surface area (Å²) in [6, 6.07) is 12.9. The molecule has 0 aliphatic heterocycles. The van der Waals surface area contributed by atoms with Gasteiger partial charge in [-0.2, -0.15) is 0 Å². The third-order valence-corrected chi connectivity index (χ3v) is 3.44. The molecule has 0 saturated carbocycles. The van der Waals surface area contributed by atoms with E-state index in [4.69, 9.17) is 15.9 Å². The molecular weight excluding hydrogens is 360 g/mol. The number of hydrogen-bond donors (Lipinski definition) is 2. The van der Waals surface area contributed by atoms with Crippen LogP contribution >= 0.6 is 31.9 Å². The van der Waals surface area contributed by atoms with Crippen LogP contribution < -0.4 is 10.5 Å². The van der Waals surface area contributed by atoms with Crippen molar-refractivity contribution in [2.75, 3.05) is 0 Å². The molecule has 0 aliphatic rings. The van der Waals surface area contributed by atoms with Crippen LogP contribution in [0.1, 0.15) is 5.56 Å². The molecule has 0 bridgehead atoms. The van der Waals surface area contributed by atoms with Gasteiger partial charge in [0.15, 0.2) is 0 Å². The van der Waals surface area contributed by atoms with Gasteiger partial charge in [0.2, 0.25) is 0 Å². The number of hydrogen-bond acceptors (Lipinski definition) is 2. The molecule has 2 aromatic rings. The third-order valence-electron chi connectivity index (χ3n) is 2.29. The van der Waals surface area contributed by atoms with Crippen LogP contribution in [0, 0.1) is 5.41 Å². The molecule has 0 aromatic heterocycles. The molecule has 0 unspecified atom stereocenters. The molecule has 5 heteroatoms. The van der Waals surface area contributed by atoms with Crippen molar-refractivity contribution in [1.29, 1.82) is 5.41 Å². The van der Waals surface area contributed by atoms with Crippen LogP contribution in [0.25, 0.3) is 0 Å². The average Bonchev–Trinajstić information content (AvgIpc) is 2.32. The van der Waals surface area contributed by atoms with Crippen molar-refractivity contribution in [3.8, 4) is 11.5 Å². The predicted molar refractivity (Wildman–Crippen MR) is 79.4 cm³/mol. The van der Waals surface area contributed by atoms with Crippen LogP contribution in [-0.2, 0) is 0 Å². The Bertz CT molecular complexity index is 599. The minimum atomic E-state index is -0.0236. The highest BCUT2D eigenvalue weighted by Crippen LogP contribution is 2.32. The Balaban J connectivity index is 2.42. The van der Waals surface area contributed by atoms with Gasteiger partial charge in [-0.1, -0.05) is 28.1 Å². The van der Waals surface area contributed by atoms with Crippen molar-refractivity contribution in [2.45, 2.75) is 0 Å². The lowest BCUT2D eigenvalue weighted by Gasteiger charge is -2.11. The zero-order chi connectivity index (χ0) is 13.1. The molecular formula is C13H10Br2N2O. The Morgan fingerprint density at radius 3 is 2.44 bits per heavy atom. The Labute approximate surface area is 122 Å².